The molecule has 0 aromatic rings. The molecular weight excluding hydrogens is 274 g/mol. The first kappa shape index (κ1) is 17.7. The van der Waals surface area contributed by atoms with E-state index in [1.807, 2.05) is 0 Å². The summed E-state index contributed by atoms with van der Waals surface area (Å²) in [5.41, 5.74) is 0.0768. The molecule has 1 unspecified atom stereocenters. The third kappa shape index (κ3) is 4.90. The quantitative estimate of drug-likeness (QED) is 0.832. The van der Waals surface area contributed by atoms with Crippen molar-refractivity contribution in [3.63, 3.8) is 0 Å². The molecule has 0 bridgehead atoms. The van der Waals surface area contributed by atoms with Crippen molar-refractivity contribution < 1.29 is 4.79 Å². The standard InChI is InChI=1S/C15H29N3O.ClH/c1-15(2)7-6-8-16-13(15)14(19)17-9-12-18-10-4-3-5-11-18;/h13,16H,3-12H2,1-2H3,(H,17,19);1H. The summed E-state index contributed by atoms with van der Waals surface area (Å²) in [5.74, 6) is 0.182. The minimum Gasteiger partial charge on any atom is -0.353 e. The molecule has 2 aliphatic heterocycles. The molecule has 0 saturated carbocycles. The molecule has 0 spiro atoms. The highest BCUT2D eigenvalue weighted by molar-refractivity contribution is 5.85. The van der Waals surface area contributed by atoms with Crippen molar-refractivity contribution in [1.29, 1.82) is 0 Å². The van der Waals surface area contributed by atoms with Crippen LogP contribution < -0.4 is 10.6 Å². The molecule has 2 heterocycles. The van der Waals surface area contributed by atoms with Crippen molar-refractivity contribution >= 4 is 18.3 Å². The fourth-order valence-electron chi connectivity index (χ4n) is 3.28. The number of hydrogen-bond acceptors (Lipinski definition) is 3. The Bertz CT molecular complexity index is 303. The highest BCUT2D eigenvalue weighted by Crippen LogP contribution is 2.29. The van der Waals surface area contributed by atoms with Gasteiger partial charge in [-0.2, -0.15) is 0 Å². The number of amides is 1. The van der Waals surface area contributed by atoms with Crippen LogP contribution in [0.4, 0.5) is 0 Å². The number of nitrogens with one attached hydrogen (secondary N) is 2. The molecule has 0 aromatic carbocycles. The zero-order chi connectivity index (χ0) is 13.7. The predicted molar refractivity (Wildman–Crippen MR) is 85.4 cm³/mol. The Morgan fingerprint density at radius 3 is 2.60 bits per heavy atom. The summed E-state index contributed by atoms with van der Waals surface area (Å²) >= 11 is 0. The van der Waals surface area contributed by atoms with Gasteiger partial charge in [0.15, 0.2) is 0 Å². The summed E-state index contributed by atoms with van der Waals surface area (Å²) in [4.78, 5) is 14.7. The SMILES string of the molecule is CC1(C)CCCNC1C(=O)NCCN1CCCCC1.Cl. The molecule has 118 valence electrons. The molecule has 20 heavy (non-hydrogen) atoms. The van der Waals surface area contributed by atoms with Crippen molar-refractivity contribution in [2.75, 3.05) is 32.7 Å². The minimum atomic E-state index is -0.0254. The van der Waals surface area contributed by atoms with Crippen LogP contribution in [0.1, 0.15) is 46.0 Å². The lowest BCUT2D eigenvalue weighted by atomic mass is 9.77. The fourth-order valence-corrected chi connectivity index (χ4v) is 3.28. The molecule has 2 saturated heterocycles. The molecule has 0 aliphatic carbocycles. The summed E-state index contributed by atoms with van der Waals surface area (Å²) in [6.07, 6.45) is 6.29. The van der Waals surface area contributed by atoms with Gasteiger partial charge >= 0.3 is 0 Å². The van der Waals surface area contributed by atoms with Gasteiger partial charge in [-0.15, -0.1) is 12.4 Å². The summed E-state index contributed by atoms with van der Waals surface area (Å²) in [6.45, 7) is 9.52. The van der Waals surface area contributed by atoms with E-state index in [1.54, 1.807) is 0 Å². The molecule has 2 fully saturated rings. The van der Waals surface area contributed by atoms with Crippen LogP contribution in [0.5, 0.6) is 0 Å². The first-order valence-electron chi connectivity index (χ1n) is 7.83. The molecular formula is C15H30ClN3O. The zero-order valence-corrected chi connectivity index (χ0v) is 13.7. The maximum absolute atomic E-state index is 12.3. The number of halogens is 1. The topological polar surface area (TPSA) is 44.4 Å². The Morgan fingerprint density at radius 2 is 1.95 bits per heavy atom. The number of carbonyl (C=O) groups excluding carboxylic acids is 1. The lowest BCUT2D eigenvalue weighted by Crippen LogP contribution is -2.56. The number of rotatable bonds is 4. The zero-order valence-electron chi connectivity index (χ0n) is 12.9. The van der Waals surface area contributed by atoms with Gasteiger partial charge in [0.25, 0.3) is 0 Å². The Kier molecular flexibility index (Phi) is 7.27. The third-order valence-electron chi connectivity index (χ3n) is 4.57. The number of carbonyl (C=O) groups is 1. The van der Waals surface area contributed by atoms with Crippen molar-refractivity contribution in [3.05, 3.63) is 0 Å². The maximum atomic E-state index is 12.3. The number of likely N-dealkylation sites (tertiary alicyclic amines) is 1. The van der Waals surface area contributed by atoms with E-state index in [1.165, 1.54) is 38.8 Å². The monoisotopic (exact) mass is 303 g/mol. The Hall–Kier alpha value is -0.320. The summed E-state index contributed by atoms with van der Waals surface area (Å²) < 4.78 is 0. The molecule has 2 N–H and O–H groups in total. The molecule has 2 rings (SSSR count). The van der Waals surface area contributed by atoms with Crippen LogP contribution in [0.2, 0.25) is 0 Å². The summed E-state index contributed by atoms with van der Waals surface area (Å²) in [5, 5.41) is 6.48. The minimum absolute atomic E-state index is 0. The van der Waals surface area contributed by atoms with E-state index < -0.39 is 0 Å². The molecule has 1 atom stereocenters. The molecule has 0 radical (unpaired) electrons. The second-order valence-electron chi connectivity index (χ2n) is 6.67. The van der Waals surface area contributed by atoms with E-state index >= 15 is 0 Å². The third-order valence-corrected chi connectivity index (χ3v) is 4.57. The van der Waals surface area contributed by atoms with Gasteiger partial charge in [0.05, 0.1) is 6.04 Å². The van der Waals surface area contributed by atoms with Crippen LogP contribution >= 0.6 is 12.4 Å². The van der Waals surface area contributed by atoms with Gasteiger partial charge in [-0.05, 0) is 50.7 Å². The van der Waals surface area contributed by atoms with Gasteiger partial charge in [0.1, 0.15) is 0 Å². The predicted octanol–water partition coefficient (Wildman–Crippen LogP) is 1.79. The van der Waals surface area contributed by atoms with E-state index in [4.69, 9.17) is 0 Å². The van der Waals surface area contributed by atoms with Crippen molar-refractivity contribution in [2.24, 2.45) is 5.41 Å². The van der Waals surface area contributed by atoms with E-state index in [0.29, 0.717) is 0 Å². The first-order chi connectivity index (χ1) is 9.09. The fraction of sp³-hybridized carbons (Fsp3) is 0.933. The lowest BCUT2D eigenvalue weighted by Gasteiger charge is -2.38. The molecule has 4 nitrogen and oxygen atoms in total. The summed E-state index contributed by atoms with van der Waals surface area (Å²) in [6, 6.07) is -0.0254. The number of nitrogens with zero attached hydrogens (tertiary/aromatic N) is 1. The van der Waals surface area contributed by atoms with E-state index in [9.17, 15) is 4.79 Å². The van der Waals surface area contributed by atoms with Gasteiger partial charge in [0, 0.05) is 13.1 Å². The average Bonchev–Trinajstić information content (AvgIpc) is 2.39. The highest BCUT2D eigenvalue weighted by atomic mass is 35.5. The van der Waals surface area contributed by atoms with Crippen LogP contribution in [-0.4, -0.2) is 49.6 Å². The smallest absolute Gasteiger partial charge is 0.237 e. The Morgan fingerprint density at radius 1 is 1.25 bits per heavy atom. The molecule has 5 heteroatoms. The molecule has 0 aromatic heterocycles. The average molecular weight is 304 g/mol. The second-order valence-corrected chi connectivity index (χ2v) is 6.67. The van der Waals surface area contributed by atoms with Crippen LogP contribution in [0, 0.1) is 5.41 Å². The van der Waals surface area contributed by atoms with E-state index in [0.717, 1.165) is 26.1 Å². The van der Waals surface area contributed by atoms with Crippen molar-refractivity contribution in [1.82, 2.24) is 15.5 Å². The van der Waals surface area contributed by atoms with Gasteiger partial charge in [-0.3, -0.25) is 4.79 Å². The van der Waals surface area contributed by atoms with Crippen LogP contribution in [0.25, 0.3) is 0 Å². The van der Waals surface area contributed by atoms with Crippen LogP contribution in [0.15, 0.2) is 0 Å². The number of piperidine rings is 2. The summed E-state index contributed by atoms with van der Waals surface area (Å²) in [7, 11) is 0. The van der Waals surface area contributed by atoms with Crippen LogP contribution in [0.3, 0.4) is 0 Å². The molecule has 1 amide bonds. The highest BCUT2D eigenvalue weighted by Gasteiger charge is 2.36. The van der Waals surface area contributed by atoms with Gasteiger partial charge < -0.3 is 15.5 Å². The van der Waals surface area contributed by atoms with E-state index in [2.05, 4.69) is 29.4 Å². The molecule has 2 aliphatic rings. The Labute approximate surface area is 129 Å². The van der Waals surface area contributed by atoms with Gasteiger partial charge in [-0.1, -0.05) is 20.3 Å². The Balaban J connectivity index is 0.00000200. The van der Waals surface area contributed by atoms with E-state index in [-0.39, 0.29) is 29.8 Å². The lowest BCUT2D eigenvalue weighted by molar-refractivity contribution is -0.126. The van der Waals surface area contributed by atoms with Crippen molar-refractivity contribution in [3.8, 4) is 0 Å². The van der Waals surface area contributed by atoms with Crippen molar-refractivity contribution in [2.45, 2.75) is 52.0 Å². The van der Waals surface area contributed by atoms with Gasteiger partial charge in [0.2, 0.25) is 5.91 Å². The van der Waals surface area contributed by atoms with Crippen LogP contribution in [-0.2, 0) is 4.79 Å². The number of hydrogen-bond donors (Lipinski definition) is 2. The first-order valence-corrected chi connectivity index (χ1v) is 7.83. The maximum Gasteiger partial charge on any atom is 0.237 e. The van der Waals surface area contributed by atoms with Gasteiger partial charge in [-0.25, -0.2) is 0 Å². The largest absolute Gasteiger partial charge is 0.353 e. The normalized spacial score (nSPS) is 26.6. The second kappa shape index (κ2) is 8.20.